The predicted octanol–water partition coefficient (Wildman–Crippen LogP) is 2.77. The Morgan fingerprint density at radius 3 is 2.42 bits per heavy atom. The lowest BCUT2D eigenvalue weighted by Crippen LogP contribution is -2.37. The summed E-state index contributed by atoms with van der Waals surface area (Å²) in [6.07, 6.45) is 8.65. The van der Waals surface area contributed by atoms with Gasteiger partial charge >= 0.3 is 0 Å². The number of nitrogens with zero attached hydrogens (tertiary/aromatic N) is 1. The summed E-state index contributed by atoms with van der Waals surface area (Å²) in [6, 6.07) is 0.817. The van der Waals surface area contributed by atoms with Gasteiger partial charge in [0.1, 0.15) is 0 Å². The van der Waals surface area contributed by atoms with Crippen LogP contribution in [0.5, 0.6) is 0 Å². The lowest BCUT2D eigenvalue weighted by molar-refractivity contribution is 0.0555. The van der Waals surface area contributed by atoms with Crippen molar-refractivity contribution in [2.75, 3.05) is 19.6 Å². The highest BCUT2D eigenvalue weighted by molar-refractivity contribution is 4.79. The van der Waals surface area contributed by atoms with Crippen molar-refractivity contribution in [1.29, 1.82) is 0 Å². The van der Waals surface area contributed by atoms with E-state index >= 15 is 0 Å². The van der Waals surface area contributed by atoms with E-state index in [-0.39, 0.29) is 0 Å². The highest BCUT2D eigenvalue weighted by Gasteiger charge is 2.23. The monoisotopic (exact) mass is 270 g/mol. The Hall–Kier alpha value is -0.120. The third-order valence-corrected chi connectivity index (χ3v) is 4.29. The molecule has 0 aromatic carbocycles. The van der Waals surface area contributed by atoms with E-state index in [0.717, 1.165) is 24.8 Å². The van der Waals surface area contributed by atoms with Crippen molar-refractivity contribution in [1.82, 2.24) is 4.90 Å². The highest BCUT2D eigenvalue weighted by Crippen LogP contribution is 2.25. The van der Waals surface area contributed by atoms with E-state index in [1.165, 1.54) is 45.2 Å². The average Bonchev–Trinajstić information content (AvgIpc) is 2.86. The number of rotatable bonds is 9. The Morgan fingerprint density at radius 2 is 1.89 bits per heavy atom. The van der Waals surface area contributed by atoms with Crippen molar-refractivity contribution in [3.63, 3.8) is 0 Å². The van der Waals surface area contributed by atoms with Crippen molar-refractivity contribution >= 4 is 0 Å². The lowest BCUT2D eigenvalue weighted by atomic mass is 9.99. The molecule has 19 heavy (non-hydrogen) atoms. The minimum Gasteiger partial charge on any atom is -0.389 e. The largest absolute Gasteiger partial charge is 0.389 e. The second kappa shape index (κ2) is 8.23. The number of unbranched alkanes of at least 4 members (excludes halogenated alkanes) is 1. The summed E-state index contributed by atoms with van der Waals surface area (Å²) in [5, 5.41) is 9.91. The first-order chi connectivity index (χ1) is 8.94. The molecule has 1 rings (SSSR count). The second-order valence-electron chi connectivity index (χ2n) is 6.99. The fraction of sp³-hybridized carbons (Fsp3) is 1.00. The number of aliphatic hydroxyl groups is 1. The van der Waals surface area contributed by atoms with Gasteiger partial charge in [0.15, 0.2) is 0 Å². The molecule has 1 aliphatic carbocycles. The molecule has 0 heterocycles. The Kier molecular flexibility index (Phi) is 7.33. The van der Waals surface area contributed by atoms with E-state index in [2.05, 4.69) is 18.7 Å². The molecule has 1 aliphatic rings. The normalized spacial score (nSPS) is 20.4. The van der Waals surface area contributed by atoms with E-state index in [1.54, 1.807) is 0 Å². The van der Waals surface area contributed by atoms with Gasteiger partial charge in [-0.25, -0.2) is 0 Å². The van der Waals surface area contributed by atoms with Crippen LogP contribution in [0, 0.1) is 5.92 Å². The van der Waals surface area contributed by atoms with Crippen molar-refractivity contribution < 1.29 is 5.11 Å². The quantitative estimate of drug-likeness (QED) is 0.633. The molecule has 0 aromatic heterocycles. The third kappa shape index (κ3) is 6.73. The molecular weight excluding hydrogens is 236 g/mol. The van der Waals surface area contributed by atoms with E-state index in [9.17, 15) is 5.11 Å². The molecule has 1 saturated carbocycles. The van der Waals surface area contributed by atoms with Gasteiger partial charge in [0.25, 0.3) is 0 Å². The first kappa shape index (κ1) is 16.9. The van der Waals surface area contributed by atoms with E-state index in [4.69, 9.17) is 5.73 Å². The molecule has 1 unspecified atom stereocenters. The zero-order chi connectivity index (χ0) is 14.3. The molecule has 114 valence electrons. The maximum Gasteiger partial charge on any atom is 0.0741 e. The molecule has 3 nitrogen and oxygen atoms in total. The van der Waals surface area contributed by atoms with Crippen molar-refractivity contribution in [2.24, 2.45) is 11.7 Å². The third-order valence-electron chi connectivity index (χ3n) is 4.29. The fourth-order valence-corrected chi connectivity index (χ4v) is 3.08. The Morgan fingerprint density at radius 1 is 1.26 bits per heavy atom. The van der Waals surface area contributed by atoms with Gasteiger partial charge in [-0.15, -0.1) is 0 Å². The van der Waals surface area contributed by atoms with Gasteiger partial charge in [0.05, 0.1) is 5.60 Å². The standard InChI is InChI=1S/C16H34N2O/c1-14(2)12-18(15-8-4-5-9-15)11-7-6-10-16(3,19)13-17/h14-15,19H,4-13,17H2,1-3H3. The van der Waals surface area contributed by atoms with Crippen LogP contribution >= 0.6 is 0 Å². The Balaban J connectivity index is 2.28. The molecule has 3 N–H and O–H groups in total. The summed E-state index contributed by atoms with van der Waals surface area (Å²) >= 11 is 0. The van der Waals surface area contributed by atoms with E-state index in [0.29, 0.717) is 6.54 Å². The molecule has 0 spiro atoms. The number of hydrogen-bond donors (Lipinski definition) is 2. The lowest BCUT2D eigenvalue weighted by Gasteiger charge is -2.31. The van der Waals surface area contributed by atoms with Crippen molar-refractivity contribution in [3.8, 4) is 0 Å². The maximum absolute atomic E-state index is 9.91. The SMILES string of the molecule is CC(C)CN(CCCCC(C)(O)CN)C1CCCC1. The summed E-state index contributed by atoms with van der Waals surface area (Å²) in [7, 11) is 0. The van der Waals surface area contributed by atoms with Gasteiger partial charge in [-0.2, -0.15) is 0 Å². The predicted molar refractivity (Wildman–Crippen MR) is 82.2 cm³/mol. The van der Waals surface area contributed by atoms with Crippen LogP contribution in [0.1, 0.15) is 65.7 Å². The molecule has 0 radical (unpaired) electrons. The Bertz CT molecular complexity index is 235. The summed E-state index contributed by atoms with van der Waals surface area (Å²) in [4.78, 5) is 2.69. The van der Waals surface area contributed by atoms with Crippen LogP contribution in [-0.4, -0.2) is 41.3 Å². The van der Waals surface area contributed by atoms with E-state index in [1.807, 2.05) is 6.92 Å². The van der Waals surface area contributed by atoms with Gasteiger partial charge < -0.3 is 15.7 Å². The molecule has 0 aromatic rings. The molecule has 0 saturated heterocycles. The molecule has 0 bridgehead atoms. The van der Waals surface area contributed by atoms with Crippen LogP contribution in [0.3, 0.4) is 0 Å². The van der Waals surface area contributed by atoms with Gasteiger partial charge in [-0.1, -0.05) is 26.7 Å². The first-order valence-corrected chi connectivity index (χ1v) is 8.11. The second-order valence-corrected chi connectivity index (χ2v) is 6.99. The summed E-state index contributed by atoms with van der Waals surface area (Å²) in [6.45, 7) is 9.23. The van der Waals surface area contributed by atoms with Crippen LogP contribution in [0.15, 0.2) is 0 Å². The summed E-state index contributed by atoms with van der Waals surface area (Å²) in [5.41, 5.74) is 4.88. The van der Waals surface area contributed by atoms with Crippen LogP contribution in [0.2, 0.25) is 0 Å². The summed E-state index contributed by atoms with van der Waals surface area (Å²) in [5.74, 6) is 0.743. The molecule has 1 atom stereocenters. The average molecular weight is 270 g/mol. The molecule has 0 amide bonds. The first-order valence-electron chi connectivity index (χ1n) is 8.11. The minimum absolute atomic E-state index is 0.366. The molecule has 3 heteroatoms. The molecular formula is C16H34N2O. The highest BCUT2D eigenvalue weighted by atomic mass is 16.3. The zero-order valence-electron chi connectivity index (χ0n) is 13.2. The van der Waals surface area contributed by atoms with Crippen LogP contribution in [-0.2, 0) is 0 Å². The maximum atomic E-state index is 9.91. The van der Waals surface area contributed by atoms with Gasteiger partial charge in [-0.05, 0) is 51.5 Å². The van der Waals surface area contributed by atoms with E-state index < -0.39 is 5.60 Å². The fourth-order valence-electron chi connectivity index (χ4n) is 3.08. The molecule has 0 aliphatic heterocycles. The van der Waals surface area contributed by atoms with Crippen LogP contribution in [0.25, 0.3) is 0 Å². The zero-order valence-corrected chi connectivity index (χ0v) is 13.2. The smallest absolute Gasteiger partial charge is 0.0741 e. The van der Waals surface area contributed by atoms with Gasteiger partial charge in [-0.3, -0.25) is 0 Å². The van der Waals surface area contributed by atoms with Crippen LogP contribution < -0.4 is 5.73 Å². The van der Waals surface area contributed by atoms with Crippen LogP contribution in [0.4, 0.5) is 0 Å². The summed E-state index contributed by atoms with van der Waals surface area (Å²) < 4.78 is 0. The topological polar surface area (TPSA) is 49.5 Å². The number of hydrogen-bond acceptors (Lipinski definition) is 3. The van der Waals surface area contributed by atoms with Gasteiger partial charge in [0.2, 0.25) is 0 Å². The minimum atomic E-state index is -0.670. The van der Waals surface area contributed by atoms with Crippen molar-refractivity contribution in [2.45, 2.75) is 77.4 Å². The Labute approximate surface area is 119 Å². The number of nitrogens with two attached hydrogens (primary N) is 1. The van der Waals surface area contributed by atoms with Crippen molar-refractivity contribution in [3.05, 3.63) is 0 Å². The van der Waals surface area contributed by atoms with Gasteiger partial charge in [0, 0.05) is 19.1 Å². The molecule has 1 fully saturated rings.